The molecule has 1 N–H and O–H groups in total. The third-order valence-electron chi connectivity index (χ3n) is 6.61. The van der Waals surface area contributed by atoms with Crippen LogP contribution in [0.2, 0.25) is 0 Å². The number of sulfone groups is 1. The number of amides is 1. The molecular formula is C23H27N5O5S. The maximum absolute atomic E-state index is 13.4. The highest BCUT2D eigenvalue weighted by Crippen LogP contribution is 2.34. The van der Waals surface area contributed by atoms with Gasteiger partial charge in [0.1, 0.15) is 5.60 Å². The molecule has 2 fully saturated rings. The van der Waals surface area contributed by atoms with E-state index in [2.05, 4.69) is 15.1 Å². The monoisotopic (exact) mass is 485 g/mol. The molecule has 5 rings (SSSR count). The van der Waals surface area contributed by atoms with E-state index < -0.39 is 15.4 Å². The molecule has 1 aliphatic heterocycles. The molecule has 1 aliphatic carbocycles. The van der Waals surface area contributed by atoms with Gasteiger partial charge in [-0.3, -0.25) is 14.7 Å². The van der Waals surface area contributed by atoms with Crippen LogP contribution < -0.4 is 5.56 Å². The second-order valence-electron chi connectivity index (χ2n) is 8.95. The van der Waals surface area contributed by atoms with Crippen molar-refractivity contribution in [1.82, 2.24) is 24.5 Å². The number of H-pyrrole nitrogens is 1. The number of nitrogens with zero attached hydrogens (tertiary/aromatic N) is 4. The van der Waals surface area contributed by atoms with Gasteiger partial charge >= 0.3 is 0 Å². The smallest absolute Gasteiger partial charge is 0.274 e. The Hall–Kier alpha value is -3.05. The van der Waals surface area contributed by atoms with Crippen LogP contribution in [0.1, 0.15) is 37.8 Å². The highest BCUT2D eigenvalue weighted by atomic mass is 32.2. The predicted octanol–water partition coefficient (Wildman–Crippen LogP) is 1.56. The molecule has 0 spiro atoms. The Morgan fingerprint density at radius 2 is 1.76 bits per heavy atom. The van der Waals surface area contributed by atoms with E-state index >= 15 is 0 Å². The van der Waals surface area contributed by atoms with Gasteiger partial charge in [0.15, 0.2) is 15.7 Å². The summed E-state index contributed by atoms with van der Waals surface area (Å²) in [5.74, 6) is 0.558. The molecule has 1 amide bonds. The lowest BCUT2D eigenvalue weighted by molar-refractivity contribution is -0.165. The fourth-order valence-corrected chi connectivity index (χ4v) is 5.89. The molecule has 2 aromatic heterocycles. The van der Waals surface area contributed by atoms with Crippen molar-refractivity contribution in [1.29, 1.82) is 0 Å². The second-order valence-corrected chi connectivity index (χ2v) is 11.3. The highest BCUT2D eigenvalue weighted by molar-refractivity contribution is 7.91. The predicted molar refractivity (Wildman–Crippen MR) is 125 cm³/mol. The molecule has 1 saturated carbocycles. The normalized spacial score (nSPS) is 19.8. The molecule has 0 radical (unpaired) electrons. The first-order chi connectivity index (χ1) is 16.4. The molecule has 34 heavy (non-hydrogen) atoms. The van der Waals surface area contributed by atoms with Crippen LogP contribution in [0.4, 0.5) is 0 Å². The van der Waals surface area contributed by atoms with E-state index in [1.54, 1.807) is 4.90 Å². The lowest BCUT2D eigenvalue weighted by atomic mass is 9.83. The van der Waals surface area contributed by atoms with Crippen molar-refractivity contribution in [3.8, 4) is 11.4 Å². The van der Waals surface area contributed by atoms with Gasteiger partial charge in [-0.2, -0.15) is 9.50 Å². The molecule has 1 saturated heterocycles. The summed E-state index contributed by atoms with van der Waals surface area (Å²) >= 11 is 0. The lowest BCUT2D eigenvalue weighted by Gasteiger charge is -2.40. The summed E-state index contributed by atoms with van der Waals surface area (Å²) in [4.78, 5) is 36.7. The number of rotatable bonds is 5. The van der Waals surface area contributed by atoms with Crippen LogP contribution in [0.5, 0.6) is 0 Å². The second kappa shape index (κ2) is 8.95. The van der Waals surface area contributed by atoms with Crippen LogP contribution in [-0.2, 0) is 26.0 Å². The van der Waals surface area contributed by atoms with Crippen LogP contribution in [0.3, 0.4) is 0 Å². The summed E-state index contributed by atoms with van der Waals surface area (Å²) in [5, 5.41) is 2.97. The molecule has 0 bridgehead atoms. The SMILES string of the molecule is O=C(N1CCS(=O)(=O)CC1)C1(OCc2cc(=O)n3[nH]c(-c4ccccc4)nc3n2)CCCCC1. The van der Waals surface area contributed by atoms with Gasteiger partial charge in [-0.15, -0.1) is 0 Å². The number of carbonyl (C=O) groups excluding carboxylic acids is 1. The average molecular weight is 486 g/mol. The van der Waals surface area contributed by atoms with Gasteiger partial charge in [0.05, 0.1) is 23.8 Å². The molecule has 3 aromatic rings. The van der Waals surface area contributed by atoms with Gasteiger partial charge in [-0.1, -0.05) is 49.6 Å². The van der Waals surface area contributed by atoms with Crippen molar-refractivity contribution in [3.63, 3.8) is 0 Å². The molecule has 2 aliphatic rings. The Kier molecular flexibility index (Phi) is 5.98. The van der Waals surface area contributed by atoms with E-state index in [-0.39, 0.29) is 48.4 Å². The molecule has 11 heteroatoms. The number of carbonyl (C=O) groups is 1. The van der Waals surface area contributed by atoms with E-state index in [0.717, 1.165) is 24.8 Å². The number of hydrogen-bond acceptors (Lipinski definition) is 7. The van der Waals surface area contributed by atoms with Crippen LogP contribution in [0.15, 0.2) is 41.2 Å². The fraction of sp³-hybridized carbons (Fsp3) is 0.478. The van der Waals surface area contributed by atoms with Gasteiger partial charge in [-0.25, -0.2) is 13.4 Å². The van der Waals surface area contributed by atoms with E-state index in [0.29, 0.717) is 24.4 Å². The molecule has 10 nitrogen and oxygen atoms in total. The summed E-state index contributed by atoms with van der Waals surface area (Å²) in [7, 11) is -3.09. The molecule has 1 aromatic carbocycles. The Balaban J connectivity index is 1.37. The first-order valence-corrected chi connectivity index (χ1v) is 13.4. The Morgan fingerprint density at radius 1 is 1.06 bits per heavy atom. The third kappa shape index (κ3) is 4.49. The summed E-state index contributed by atoms with van der Waals surface area (Å²) < 4.78 is 31.1. The molecule has 0 unspecified atom stereocenters. The minimum Gasteiger partial charge on any atom is -0.359 e. The molecular weight excluding hydrogens is 458 g/mol. The maximum Gasteiger partial charge on any atom is 0.274 e. The van der Waals surface area contributed by atoms with Crippen LogP contribution in [-0.4, -0.2) is 69.0 Å². The lowest BCUT2D eigenvalue weighted by Crippen LogP contribution is -2.55. The van der Waals surface area contributed by atoms with Crippen molar-refractivity contribution in [2.24, 2.45) is 0 Å². The highest BCUT2D eigenvalue weighted by Gasteiger charge is 2.44. The van der Waals surface area contributed by atoms with Gasteiger partial charge in [-0.05, 0) is 12.8 Å². The Morgan fingerprint density at radius 3 is 2.47 bits per heavy atom. The minimum absolute atomic E-state index is 0.00283. The number of benzene rings is 1. The molecule has 180 valence electrons. The standard InChI is InChI=1S/C23H27N5O5S/c29-19-15-18(24-22-25-20(26-28(19)22)17-7-3-1-4-8-17)16-33-23(9-5-2-6-10-23)21(30)27-11-13-34(31,32)14-12-27/h1,3-4,7-8,15H,2,5-6,9-14,16H2,(H,24,25,26). The zero-order valence-corrected chi connectivity index (χ0v) is 19.6. The fourth-order valence-electron chi connectivity index (χ4n) is 4.69. The van der Waals surface area contributed by atoms with Crippen molar-refractivity contribution in [2.75, 3.05) is 24.6 Å². The first-order valence-electron chi connectivity index (χ1n) is 11.5. The van der Waals surface area contributed by atoms with Crippen LogP contribution in [0.25, 0.3) is 17.2 Å². The number of aromatic nitrogens is 4. The van der Waals surface area contributed by atoms with Gasteiger partial charge in [0, 0.05) is 24.7 Å². The molecule has 0 atom stereocenters. The van der Waals surface area contributed by atoms with Gasteiger partial charge in [0.2, 0.25) is 0 Å². The van der Waals surface area contributed by atoms with Crippen LogP contribution in [0, 0.1) is 0 Å². The number of hydrogen-bond donors (Lipinski definition) is 1. The largest absolute Gasteiger partial charge is 0.359 e. The number of fused-ring (bicyclic) bond motifs is 1. The summed E-state index contributed by atoms with van der Waals surface area (Å²) in [5.41, 5.74) is -0.105. The Bertz CT molecular complexity index is 1350. The van der Waals surface area contributed by atoms with Crippen LogP contribution >= 0.6 is 0 Å². The molecule has 3 heterocycles. The zero-order valence-electron chi connectivity index (χ0n) is 18.8. The van der Waals surface area contributed by atoms with Crippen molar-refractivity contribution < 1.29 is 17.9 Å². The topological polar surface area (TPSA) is 127 Å². The average Bonchev–Trinajstić information content (AvgIpc) is 3.29. The van der Waals surface area contributed by atoms with Crippen molar-refractivity contribution in [2.45, 2.75) is 44.3 Å². The van der Waals surface area contributed by atoms with Crippen molar-refractivity contribution >= 4 is 21.5 Å². The van der Waals surface area contributed by atoms with E-state index in [4.69, 9.17) is 4.74 Å². The number of aromatic amines is 1. The number of ether oxygens (including phenoxy) is 1. The maximum atomic E-state index is 13.4. The van der Waals surface area contributed by atoms with E-state index in [1.807, 2.05) is 30.3 Å². The first kappa shape index (κ1) is 22.7. The zero-order chi connectivity index (χ0) is 23.8. The van der Waals surface area contributed by atoms with Crippen molar-refractivity contribution in [3.05, 3.63) is 52.4 Å². The minimum atomic E-state index is -3.09. The quantitative estimate of drug-likeness (QED) is 0.581. The van der Waals surface area contributed by atoms with Gasteiger partial charge in [0.25, 0.3) is 17.2 Å². The van der Waals surface area contributed by atoms with E-state index in [1.165, 1.54) is 10.6 Å². The van der Waals surface area contributed by atoms with E-state index in [9.17, 15) is 18.0 Å². The summed E-state index contributed by atoms with van der Waals surface area (Å²) in [6.45, 7) is 0.373. The summed E-state index contributed by atoms with van der Waals surface area (Å²) in [6, 6.07) is 10.8. The van der Waals surface area contributed by atoms with Gasteiger partial charge < -0.3 is 9.64 Å². The Labute approximate surface area is 196 Å². The summed E-state index contributed by atoms with van der Waals surface area (Å²) in [6.07, 6.45) is 3.86. The number of nitrogens with one attached hydrogen (secondary N) is 1. The third-order valence-corrected chi connectivity index (χ3v) is 8.22.